The Labute approximate surface area is 124 Å². The largest absolute Gasteiger partial charge is 0.494 e. The molecule has 3 rings (SSSR count). The summed E-state index contributed by atoms with van der Waals surface area (Å²) in [7, 11) is 0. The molecule has 0 radical (unpaired) electrons. The molecule has 1 heterocycles. The molecule has 0 saturated heterocycles. The summed E-state index contributed by atoms with van der Waals surface area (Å²) in [6.07, 6.45) is 1.38. The van der Waals surface area contributed by atoms with Gasteiger partial charge in [0, 0.05) is 6.42 Å². The SMILES string of the molecule is N#CC1(CCOc2ccccc2)COc2ccccc2C1. The van der Waals surface area contributed by atoms with Crippen molar-refractivity contribution in [1.29, 1.82) is 5.26 Å². The highest BCUT2D eigenvalue weighted by molar-refractivity contribution is 5.37. The number of nitriles is 1. The summed E-state index contributed by atoms with van der Waals surface area (Å²) < 4.78 is 11.5. The third kappa shape index (κ3) is 3.00. The van der Waals surface area contributed by atoms with Crippen molar-refractivity contribution in [2.75, 3.05) is 13.2 Å². The van der Waals surface area contributed by atoms with Crippen molar-refractivity contribution in [3.05, 3.63) is 60.2 Å². The van der Waals surface area contributed by atoms with Crippen molar-refractivity contribution in [3.63, 3.8) is 0 Å². The minimum Gasteiger partial charge on any atom is -0.494 e. The minimum atomic E-state index is -0.497. The van der Waals surface area contributed by atoms with Crippen LogP contribution in [-0.4, -0.2) is 13.2 Å². The molecule has 3 nitrogen and oxygen atoms in total. The van der Waals surface area contributed by atoms with Crippen LogP contribution in [-0.2, 0) is 6.42 Å². The average Bonchev–Trinajstić information content (AvgIpc) is 2.56. The highest BCUT2D eigenvalue weighted by Gasteiger charge is 2.36. The molecular formula is C18H17NO2. The number of fused-ring (bicyclic) bond motifs is 1. The van der Waals surface area contributed by atoms with E-state index in [4.69, 9.17) is 9.47 Å². The lowest BCUT2D eigenvalue weighted by molar-refractivity contribution is 0.138. The smallest absolute Gasteiger partial charge is 0.122 e. The van der Waals surface area contributed by atoms with E-state index in [0.717, 1.165) is 23.5 Å². The monoisotopic (exact) mass is 279 g/mol. The standard InChI is InChI=1S/C18H17NO2/c19-13-18(10-11-20-16-7-2-1-3-8-16)12-15-6-4-5-9-17(15)21-14-18/h1-9H,10-12,14H2. The predicted octanol–water partition coefficient (Wildman–Crippen LogP) is 3.60. The predicted molar refractivity (Wildman–Crippen MR) is 80.2 cm³/mol. The van der Waals surface area contributed by atoms with Gasteiger partial charge in [0.2, 0.25) is 0 Å². The molecular weight excluding hydrogens is 262 g/mol. The topological polar surface area (TPSA) is 42.2 Å². The fourth-order valence-electron chi connectivity index (χ4n) is 2.59. The molecule has 0 N–H and O–H groups in total. The average molecular weight is 279 g/mol. The zero-order valence-corrected chi connectivity index (χ0v) is 11.8. The van der Waals surface area contributed by atoms with E-state index in [1.54, 1.807) is 0 Å². The van der Waals surface area contributed by atoms with Gasteiger partial charge in [-0.1, -0.05) is 36.4 Å². The van der Waals surface area contributed by atoms with E-state index < -0.39 is 5.41 Å². The fraction of sp³-hybridized carbons (Fsp3) is 0.278. The highest BCUT2D eigenvalue weighted by atomic mass is 16.5. The van der Waals surface area contributed by atoms with Crippen LogP contribution in [0.1, 0.15) is 12.0 Å². The van der Waals surface area contributed by atoms with Crippen LogP contribution in [0.2, 0.25) is 0 Å². The molecule has 1 atom stereocenters. The molecule has 106 valence electrons. The first-order chi connectivity index (χ1) is 10.3. The molecule has 0 spiro atoms. The van der Waals surface area contributed by atoms with Gasteiger partial charge in [-0.25, -0.2) is 0 Å². The molecule has 1 unspecified atom stereocenters. The first kappa shape index (κ1) is 13.5. The summed E-state index contributed by atoms with van der Waals surface area (Å²) in [5.74, 6) is 1.73. The Kier molecular flexibility index (Phi) is 3.79. The van der Waals surface area contributed by atoms with Gasteiger partial charge in [-0.2, -0.15) is 5.26 Å². The van der Waals surface area contributed by atoms with Crippen LogP contribution >= 0.6 is 0 Å². The second-order valence-electron chi connectivity index (χ2n) is 5.38. The number of rotatable bonds is 4. The van der Waals surface area contributed by atoms with Crippen molar-refractivity contribution in [3.8, 4) is 17.6 Å². The van der Waals surface area contributed by atoms with Crippen molar-refractivity contribution in [2.24, 2.45) is 5.41 Å². The number of para-hydroxylation sites is 2. The zero-order valence-electron chi connectivity index (χ0n) is 11.8. The first-order valence-corrected chi connectivity index (χ1v) is 7.11. The number of benzene rings is 2. The molecule has 1 aliphatic rings. The van der Waals surface area contributed by atoms with Crippen LogP contribution in [0, 0.1) is 16.7 Å². The van der Waals surface area contributed by atoms with Gasteiger partial charge in [0.1, 0.15) is 18.1 Å². The number of hydrogen-bond acceptors (Lipinski definition) is 3. The van der Waals surface area contributed by atoms with E-state index >= 15 is 0 Å². The van der Waals surface area contributed by atoms with Gasteiger partial charge in [-0.3, -0.25) is 0 Å². The summed E-state index contributed by atoms with van der Waals surface area (Å²) in [6.45, 7) is 0.946. The lowest BCUT2D eigenvalue weighted by Gasteiger charge is -2.32. The molecule has 0 fully saturated rings. The van der Waals surface area contributed by atoms with E-state index in [1.807, 2.05) is 54.6 Å². The summed E-state index contributed by atoms with van der Waals surface area (Å²) in [6, 6.07) is 20.0. The summed E-state index contributed by atoms with van der Waals surface area (Å²) >= 11 is 0. The zero-order chi connectivity index (χ0) is 14.5. The van der Waals surface area contributed by atoms with E-state index in [0.29, 0.717) is 19.6 Å². The normalized spacial score (nSPS) is 20.0. The Morgan fingerprint density at radius 2 is 1.86 bits per heavy atom. The molecule has 0 amide bonds. The Balaban J connectivity index is 1.65. The van der Waals surface area contributed by atoms with Crippen LogP contribution in [0.4, 0.5) is 0 Å². The van der Waals surface area contributed by atoms with E-state index in [2.05, 4.69) is 6.07 Å². The van der Waals surface area contributed by atoms with E-state index in [9.17, 15) is 5.26 Å². The quantitative estimate of drug-likeness (QED) is 0.858. The summed E-state index contributed by atoms with van der Waals surface area (Å²) in [4.78, 5) is 0. The minimum absolute atomic E-state index is 0.429. The molecule has 0 saturated carbocycles. The number of nitrogens with zero attached hydrogens (tertiary/aromatic N) is 1. The van der Waals surface area contributed by atoms with E-state index in [1.165, 1.54) is 0 Å². The molecule has 0 bridgehead atoms. The van der Waals surface area contributed by atoms with Crippen molar-refractivity contribution in [2.45, 2.75) is 12.8 Å². The first-order valence-electron chi connectivity index (χ1n) is 7.11. The van der Waals surface area contributed by atoms with Gasteiger partial charge in [0.25, 0.3) is 0 Å². The second-order valence-corrected chi connectivity index (χ2v) is 5.38. The maximum absolute atomic E-state index is 9.58. The van der Waals surface area contributed by atoms with Crippen molar-refractivity contribution >= 4 is 0 Å². The fourth-order valence-corrected chi connectivity index (χ4v) is 2.59. The lowest BCUT2D eigenvalue weighted by atomic mass is 9.79. The highest BCUT2D eigenvalue weighted by Crippen LogP contribution is 2.36. The van der Waals surface area contributed by atoms with Crippen LogP contribution < -0.4 is 9.47 Å². The molecule has 1 aliphatic heterocycles. The van der Waals surface area contributed by atoms with Crippen LogP contribution in [0.3, 0.4) is 0 Å². The Morgan fingerprint density at radius 1 is 1.10 bits per heavy atom. The number of ether oxygens (including phenoxy) is 2. The van der Waals surface area contributed by atoms with Crippen LogP contribution in [0.25, 0.3) is 0 Å². The molecule has 2 aromatic rings. The summed E-state index contributed by atoms with van der Waals surface area (Å²) in [5, 5.41) is 9.58. The third-order valence-corrected chi connectivity index (χ3v) is 3.84. The third-order valence-electron chi connectivity index (χ3n) is 3.84. The second kappa shape index (κ2) is 5.88. The van der Waals surface area contributed by atoms with Crippen molar-refractivity contribution < 1.29 is 9.47 Å². The Hall–Kier alpha value is -2.47. The van der Waals surface area contributed by atoms with Gasteiger partial charge in [-0.15, -0.1) is 0 Å². The lowest BCUT2D eigenvalue weighted by Crippen LogP contribution is -2.35. The van der Waals surface area contributed by atoms with Gasteiger partial charge in [0.05, 0.1) is 18.1 Å². The van der Waals surface area contributed by atoms with Gasteiger partial charge in [0.15, 0.2) is 0 Å². The molecule has 0 aliphatic carbocycles. The number of hydrogen-bond donors (Lipinski definition) is 0. The van der Waals surface area contributed by atoms with Gasteiger partial charge in [-0.05, 0) is 30.2 Å². The Bertz CT molecular complexity index is 648. The van der Waals surface area contributed by atoms with Gasteiger partial charge < -0.3 is 9.47 Å². The maximum atomic E-state index is 9.58. The molecule has 0 aromatic heterocycles. The molecule has 3 heteroatoms. The summed E-state index contributed by atoms with van der Waals surface area (Å²) in [5.41, 5.74) is 0.605. The maximum Gasteiger partial charge on any atom is 0.122 e. The van der Waals surface area contributed by atoms with Gasteiger partial charge >= 0.3 is 0 Å². The van der Waals surface area contributed by atoms with Crippen LogP contribution in [0.5, 0.6) is 11.5 Å². The molecule has 2 aromatic carbocycles. The molecule has 21 heavy (non-hydrogen) atoms. The van der Waals surface area contributed by atoms with E-state index in [-0.39, 0.29) is 0 Å². The Morgan fingerprint density at radius 3 is 2.67 bits per heavy atom. The van der Waals surface area contributed by atoms with Crippen molar-refractivity contribution in [1.82, 2.24) is 0 Å². The van der Waals surface area contributed by atoms with Crippen LogP contribution in [0.15, 0.2) is 54.6 Å².